The molecule has 39 heavy (non-hydrogen) atoms. The van der Waals surface area contributed by atoms with Gasteiger partial charge in [0.2, 0.25) is 8.32 Å². The number of hydrogen-bond acceptors (Lipinski definition) is 1. The molecule has 2 unspecified atom stereocenters. The van der Waals surface area contributed by atoms with Gasteiger partial charge < -0.3 is 4.43 Å². The van der Waals surface area contributed by atoms with Crippen molar-refractivity contribution in [1.29, 1.82) is 0 Å². The molecular weight excluding hydrogens is 631 g/mol. The molecular formula is C33H34Cl2OSi2Zr. The quantitative estimate of drug-likeness (QED) is 0.151. The maximum Gasteiger partial charge on any atom is 0.242 e. The van der Waals surface area contributed by atoms with E-state index in [1.54, 1.807) is 0 Å². The third-order valence-corrected chi connectivity index (χ3v) is 11.9. The number of halogens is 2. The average molecular weight is 665 g/mol. The number of fused-ring (bicyclic) bond motifs is 6. The van der Waals surface area contributed by atoms with Crippen molar-refractivity contribution < 1.29 is 30.6 Å². The van der Waals surface area contributed by atoms with Crippen molar-refractivity contribution in [3.05, 3.63) is 100 Å². The van der Waals surface area contributed by atoms with Crippen LogP contribution in [0.25, 0.3) is 22.3 Å². The summed E-state index contributed by atoms with van der Waals surface area (Å²) in [6.45, 7) is 11.3. The van der Waals surface area contributed by atoms with Gasteiger partial charge in [-0.3, -0.25) is 0 Å². The van der Waals surface area contributed by atoms with Gasteiger partial charge in [0, 0.05) is 26.2 Å². The Bertz CT molecular complexity index is 1580. The van der Waals surface area contributed by atoms with Crippen LogP contribution in [0.1, 0.15) is 57.5 Å². The first-order chi connectivity index (χ1) is 18.2. The van der Waals surface area contributed by atoms with E-state index in [9.17, 15) is 0 Å². The fourth-order valence-corrected chi connectivity index (χ4v) is 11.1. The third kappa shape index (κ3) is 4.99. The van der Waals surface area contributed by atoms with E-state index in [1.165, 1.54) is 66.0 Å². The Labute approximate surface area is 265 Å². The molecule has 0 aromatic heterocycles. The summed E-state index contributed by atoms with van der Waals surface area (Å²) in [6.07, 6.45) is 2.16. The number of aryl methyl sites for hydroxylation is 2. The first-order valence-corrected chi connectivity index (χ1v) is 19.4. The fraction of sp³-hybridized carbons (Fsp3) is 0.273. The topological polar surface area (TPSA) is 9.23 Å². The van der Waals surface area contributed by atoms with Crippen molar-refractivity contribution in [2.45, 2.75) is 57.1 Å². The summed E-state index contributed by atoms with van der Waals surface area (Å²) >= 11 is 14.6. The fourth-order valence-electron chi connectivity index (χ4n) is 6.38. The van der Waals surface area contributed by atoms with Gasteiger partial charge in [-0.2, -0.15) is 0 Å². The van der Waals surface area contributed by atoms with Crippen LogP contribution >= 0.6 is 23.2 Å². The van der Waals surface area contributed by atoms with Crippen LogP contribution in [0, 0.1) is 6.92 Å². The molecule has 2 aliphatic carbocycles. The summed E-state index contributed by atoms with van der Waals surface area (Å²) in [5, 5.41) is 2.56. The summed E-state index contributed by atoms with van der Waals surface area (Å²) < 4.78 is 6.90. The van der Waals surface area contributed by atoms with Crippen molar-refractivity contribution in [3.8, 4) is 28.0 Å². The van der Waals surface area contributed by atoms with E-state index in [1.807, 2.05) is 0 Å². The van der Waals surface area contributed by atoms with E-state index in [2.05, 4.69) is 100 Å². The van der Waals surface area contributed by atoms with E-state index in [-0.39, 0.29) is 37.0 Å². The molecule has 0 saturated carbocycles. The van der Waals surface area contributed by atoms with Gasteiger partial charge in [0.05, 0.1) is 20.3 Å². The van der Waals surface area contributed by atoms with Crippen LogP contribution in [0.3, 0.4) is 0 Å². The Morgan fingerprint density at radius 1 is 0.769 bits per heavy atom. The molecule has 2 atom stereocenters. The number of hydrogen-bond donors (Lipinski definition) is 0. The first-order valence-electron chi connectivity index (χ1n) is 13.7. The Kier molecular flexibility index (Phi) is 8.28. The molecule has 0 aliphatic heterocycles. The standard InChI is InChI=1S/C33H34Cl2OSi2.Zr/c1-6-11-20-16-17-23-21-12-7-9-14-24(21)29(34)27(23)32(20)37-33-28-26(18-19(2)31(33)36-38(3,4)5)22-13-8-10-15-25(22)30(28)35;/h7-10,12-18,29-30H,6,11,37H2,1-5H3;. The molecule has 0 fully saturated rings. The maximum atomic E-state index is 7.31. The van der Waals surface area contributed by atoms with E-state index in [4.69, 9.17) is 27.6 Å². The zero-order valence-electron chi connectivity index (χ0n) is 23.3. The van der Waals surface area contributed by atoms with E-state index in [0.717, 1.165) is 18.6 Å². The minimum Gasteiger partial charge on any atom is -0.544 e. The molecule has 6 rings (SSSR count). The van der Waals surface area contributed by atoms with E-state index in [0.29, 0.717) is 0 Å². The van der Waals surface area contributed by atoms with Crippen molar-refractivity contribution in [3.63, 3.8) is 0 Å². The predicted molar refractivity (Wildman–Crippen MR) is 170 cm³/mol. The summed E-state index contributed by atoms with van der Waals surface area (Å²) in [6, 6.07) is 24.2. The third-order valence-electron chi connectivity index (χ3n) is 7.90. The minimum absolute atomic E-state index is 0. The van der Waals surface area contributed by atoms with Gasteiger partial charge in [0.1, 0.15) is 5.75 Å². The van der Waals surface area contributed by atoms with Gasteiger partial charge in [0.25, 0.3) is 0 Å². The smallest absolute Gasteiger partial charge is 0.242 e. The molecule has 0 bridgehead atoms. The van der Waals surface area contributed by atoms with Crippen LogP contribution in [0.5, 0.6) is 5.75 Å². The Morgan fingerprint density at radius 3 is 1.92 bits per heavy atom. The summed E-state index contributed by atoms with van der Waals surface area (Å²) in [5.41, 5.74) is 12.8. The van der Waals surface area contributed by atoms with Gasteiger partial charge in [-0.05, 0) is 99.9 Å². The van der Waals surface area contributed by atoms with Gasteiger partial charge in [-0.15, -0.1) is 23.2 Å². The number of alkyl halides is 2. The van der Waals surface area contributed by atoms with Gasteiger partial charge in [0.15, 0.2) is 0 Å². The van der Waals surface area contributed by atoms with Crippen molar-refractivity contribution in [1.82, 2.24) is 0 Å². The van der Waals surface area contributed by atoms with E-state index < -0.39 is 17.8 Å². The summed E-state index contributed by atoms with van der Waals surface area (Å²) in [4.78, 5) is 0. The monoisotopic (exact) mass is 662 g/mol. The molecule has 0 radical (unpaired) electrons. The average Bonchev–Trinajstić information content (AvgIpc) is 3.33. The molecule has 2 aliphatic rings. The van der Waals surface area contributed by atoms with Crippen LogP contribution in [0.15, 0.2) is 66.7 Å². The van der Waals surface area contributed by atoms with Gasteiger partial charge in [-0.1, -0.05) is 79.2 Å². The molecule has 4 aromatic carbocycles. The van der Waals surface area contributed by atoms with Crippen molar-refractivity contribution in [2.24, 2.45) is 0 Å². The summed E-state index contributed by atoms with van der Waals surface area (Å²) in [5.74, 6) is 1.08. The van der Waals surface area contributed by atoms with Crippen LogP contribution in [0.2, 0.25) is 19.6 Å². The Hall–Kier alpha value is -1.42. The second-order valence-corrected chi connectivity index (χ2v) is 18.7. The largest absolute Gasteiger partial charge is 0.544 e. The van der Waals surface area contributed by atoms with Crippen LogP contribution < -0.4 is 14.8 Å². The maximum absolute atomic E-state index is 7.31. The molecule has 6 heteroatoms. The predicted octanol–water partition coefficient (Wildman–Crippen LogP) is 7.90. The van der Waals surface area contributed by atoms with Crippen molar-refractivity contribution >= 4 is 51.4 Å². The second kappa shape index (κ2) is 11.1. The van der Waals surface area contributed by atoms with Crippen LogP contribution in [-0.2, 0) is 32.6 Å². The molecule has 0 spiro atoms. The molecule has 198 valence electrons. The van der Waals surface area contributed by atoms with Crippen LogP contribution in [0.4, 0.5) is 0 Å². The van der Waals surface area contributed by atoms with Crippen LogP contribution in [-0.4, -0.2) is 17.8 Å². The normalized spacial score (nSPS) is 17.0. The molecule has 0 saturated heterocycles. The van der Waals surface area contributed by atoms with Gasteiger partial charge >= 0.3 is 0 Å². The molecule has 1 nitrogen and oxygen atoms in total. The number of benzene rings is 4. The molecule has 0 N–H and O–H groups in total. The number of rotatable bonds is 6. The molecule has 0 amide bonds. The Balaban J connectivity index is 0.00000308. The van der Waals surface area contributed by atoms with Gasteiger partial charge in [-0.25, -0.2) is 0 Å². The first kappa shape index (κ1) is 29.1. The van der Waals surface area contributed by atoms with E-state index >= 15 is 0 Å². The molecule has 4 aromatic rings. The summed E-state index contributed by atoms with van der Waals surface area (Å²) in [7, 11) is -2.88. The minimum atomic E-state index is -1.87. The van der Waals surface area contributed by atoms with Crippen molar-refractivity contribution in [2.75, 3.05) is 0 Å². The molecule has 0 heterocycles. The Morgan fingerprint density at radius 2 is 1.33 bits per heavy atom. The SMILES string of the molecule is CCCc1ccc2c(c1[SiH2]c1c(O[Si](C)(C)C)c(C)cc3c1C(Cl)c1ccccc1-3)C(Cl)c1ccccc1-2.[Zr]. The zero-order chi connectivity index (χ0) is 26.8. The zero-order valence-corrected chi connectivity index (χ0v) is 29.7. The second-order valence-electron chi connectivity index (χ2n) is 11.7.